The molecule has 0 saturated heterocycles. The average Bonchev–Trinajstić information content (AvgIpc) is 2.08. The monoisotopic (exact) mass is 225 g/mol. The summed E-state index contributed by atoms with van der Waals surface area (Å²) in [5.74, 6) is 0.161. The van der Waals surface area contributed by atoms with Crippen molar-refractivity contribution in [3.8, 4) is 0 Å². The van der Waals surface area contributed by atoms with Gasteiger partial charge in [0.2, 0.25) is 0 Å². The van der Waals surface area contributed by atoms with E-state index >= 15 is 0 Å². The van der Waals surface area contributed by atoms with E-state index in [4.69, 9.17) is 23.2 Å². The molecule has 0 N–H and O–H groups in total. The van der Waals surface area contributed by atoms with Crippen molar-refractivity contribution < 1.29 is 8.78 Å². The van der Waals surface area contributed by atoms with Gasteiger partial charge in [0.1, 0.15) is 10.8 Å². The Hall–Kier alpha value is -0.410. The second-order valence-corrected chi connectivity index (χ2v) is 3.20. The third kappa shape index (κ3) is 2.29. The number of hydrogen-bond acceptors (Lipinski definition) is 1. The van der Waals surface area contributed by atoms with E-state index in [9.17, 15) is 8.78 Å². The largest absolute Gasteiger partial charge is 0.280 e. The molecule has 0 saturated carbocycles. The lowest BCUT2D eigenvalue weighted by molar-refractivity contribution is 0.145. The number of rotatable bonds is 2. The number of aromatic nitrogens is 1. The van der Waals surface area contributed by atoms with Crippen molar-refractivity contribution in [2.45, 2.75) is 19.2 Å². The molecule has 0 aromatic carbocycles. The maximum Gasteiger partial charge on any atom is 0.280 e. The first-order valence-electron chi connectivity index (χ1n) is 3.56. The average molecular weight is 226 g/mol. The molecule has 13 heavy (non-hydrogen) atoms. The van der Waals surface area contributed by atoms with Crippen molar-refractivity contribution in [1.82, 2.24) is 4.98 Å². The Morgan fingerprint density at radius 3 is 2.62 bits per heavy atom. The Balaban J connectivity index is 3.27. The molecule has 0 aliphatic heterocycles. The summed E-state index contributed by atoms with van der Waals surface area (Å²) in [6.07, 6.45) is -2.61. The summed E-state index contributed by atoms with van der Waals surface area (Å²) >= 11 is 11.1. The highest BCUT2D eigenvalue weighted by molar-refractivity contribution is 6.29. The lowest BCUT2D eigenvalue weighted by Crippen LogP contribution is -1.99. The van der Waals surface area contributed by atoms with E-state index in [1.54, 1.807) is 6.92 Å². The van der Waals surface area contributed by atoms with E-state index in [-0.39, 0.29) is 16.7 Å². The molecule has 0 fully saturated rings. The minimum Gasteiger partial charge on any atom is -0.235 e. The zero-order chi connectivity index (χ0) is 10.0. The van der Waals surface area contributed by atoms with Gasteiger partial charge in [-0.1, -0.05) is 11.6 Å². The van der Waals surface area contributed by atoms with Crippen LogP contribution in [0.1, 0.15) is 23.2 Å². The van der Waals surface area contributed by atoms with Crippen LogP contribution < -0.4 is 0 Å². The molecule has 0 bridgehead atoms. The van der Waals surface area contributed by atoms with Gasteiger partial charge in [-0.15, -0.1) is 11.6 Å². The molecule has 0 aliphatic rings. The van der Waals surface area contributed by atoms with Gasteiger partial charge in [0.25, 0.3) is 6.43 Å². The Morgan fingerprint density at radius 2 is 2.15 bits per heavy atom. The maximum atomic E-state index is 12.4. The van der Waals surface area contributed by atoms with E-state index in [2.05, 4.69) is 4.98 Å². The predicted octanol–water partition coefficient (Wildman–Crippen LogP) is 3.72. The fourth-order valence-corrected chi connectivity index (χ4v) is 1.50. The van der Waals surface area contributed by atoms with Gasteiger partial charge in [-0.2, -0.15) is 0 Å². The lowest BCUT2D eigenvalue weighted by atomic mass is 10.1. The zero-order valence-corrected chi connectivity index (χ0v) is 8.33. The van der Waals surface area contributed by atoms with E-state index in [1.165, 1.54) is 6.07 Å². The van der Waals surface area contributed by atoms with E-state index in [0.717, 1.165) is 0 Å². The molecule has 1 aromatic heterocycles. The van der Waals surface area contributed by atoms with Crippen molar-refractivity contribution in [2.75, 3.05) is 0 Å². The highest BCUT2D eigenvalue weighted by Crippen LogP contribution is 2.26. The molecule has 0 unspecified atom stereocenters. The van der Waals surface area contributed by atoms with Crippen LogP contribution in [0.3, 0.4) is 0 Å². The molecular weight excluding hydrogens is 219 g/mol. The quantitative estimate of drug-likeness (QED) is 0.553. The molecule has 1 heterocycles. The molecule has 0 aliphatic carbocycles. The molecule has 1 nitrogen and oxygen atoms in total. The summed E-state index contributed by atoms with van der Waals surface area (Å²) in [5, 5.41) is 0.0524. The number of halogens is 4. The molecule has 0 radical (unpaired) electrons. The highest BCUT2D eigenvalue weighted by Gasteiger charge is 2.15. The Morgan fingerprint density at radius 1 is 1.54 bits per heavy atom. The summed E-state index contributed by atoms with van der Waals surface area (Å²) in [7, 11) is 0. The molecule has 0 spiro atoms. The maximum absolute atomic E-state index is 12.4. The molecule has 1 rings (SSSR count). The molecule has 0 amide bonds. The van der Waals surface area contributed by atoms with Crippen LogP contribution in [0.25, 0.3) is 0 Å². The third-order valence-electron chi connectivity index (χ3n) is 1.74. The fraction of sp³-hybridized carbons (Fsp3) is 0.375. The smallest absolute Gasteiger partial charge is 0.235 e. The second-order valence-electron chi connectivity index (χ2n) is 2.55. The number of nitrogens with zero attached hydrogens (tertiary/aromatic N) is 1. The first-order valence-corrected chi connectivity index (χ1v) is 4.47. The lowest BCUT2D eigenvalue weighted by Gasteiger charge is -2.08. The number of hydrogen-bond donors (Lipinski definition) is 0. The van der Waals surface area contributed by atoms with Gasteiger partial charge >= 0.3 is 0 Å². The molecular formula is C8H7Cl2F2N. The third-order valence-corrected chi connectivity index (χ3v) is 2.22. The minimum absolute atomic E-state index is 0.0524. The number of pyridine rings is 1. The van der Waals surface area contributed by atoms with Gasteiger partial charge in [-0.05, 0) is 24.1 Å². The van der Waals surface area contributed by atoms with Gasteiger partial charge in [0, 0.05) is 5.88 Å². The van der Waals surface area contributed by atoms with Gasteiger partial charge < -0.3 is 0 Å². The van der Waals surface area contributed by atoms with Crippen LogP contribution in [0.2, 0.25) is 5.15 Å². The van der Waals surface area contributed by atoms with Crippen molar-refractivity contribution in [2.24, 2.45) is 0 Å². The van der Waals surface area contributed by atoms with Crippen LogP contribution in [0, 0.1) is 6.92 Å². The van der Waals surface area contributed by atoms with Crippen LogP contribution in [0.5, 0.6) is 0 Å². The van der Waals surface area contributed by atoms with Gasteiger partial charge in [0.15, 0.2) is 0 Å². The minimum atomic E-state index is -2.61. The SMILES string of the molecule is Cc1c(CCl)cc(Cl)nc1C(F)F. The summed E-state index contributed by atoms with van der Waals surface area (Å²) in [4.78, 5) is 3.54. The molecule has 72 valence electrons. The number of alkyl halides is 3. The van der Waals surface area contributed by atoms with Crippen molar-refractivity contribution >= 4 is 23.2 Å². The van der Waals surface area contributed by atoms with E-state index in [1.807, 2.05) is 0 Å². The van der Waals surface area contributed by atoms with Gasteiger partial charge in [0.05, 0.1) is 0 Å². The topological polar surface area (TPSA) is 12.9 Å². The van der Waals surface area contributed by atoms with Crippen LogP contribution in [-0.2, 0) is 5.88 Å². The molecule has 0 atom stereocenters. The normalized spacial score (nSPS) is 10.9. The van der Waals surface area contributed by atoms with Crippen molar-refractivity contribution in [3.63, 3.8) is 0 Å². The van der Waals surface area contributed by atoms with E-state index < -0.39 is 6.43 Å². The van der Waals surface area contributed by atoms with E-state index in [0.29, 0.717) is 11.1 Å². The van der Waals surface area contributed by atoms with Crippen LogP contribution >= 0.6 is 23.2 Å². The van der Waals surface area contributed by atoms with Gasteiger partial charge in [-0.3, -0.25) is 0 Å². The zero-order valence-electron chi connectivity index (χ0n) is 6.82. The first-order chi connectivity index (χ1) is 6.06. The second kappa shape index (κ2) is 4.20. The summed E-state index contributed by atoms with van der Waals surface area (Å²) < 4.78 is 24.7. The van der Waals surface area contributed by atoms with Crippen molar-refractivity contribution in [1.29, 1.82) is 0 Å². The van der Waals surface area contributed by atoms with Gasteiger partial charge in [-0.25, -0.2) is 13.8 Å². The first kappa shape index (κ1) is 10.7. The van der Waals surface area contributed by atoms with Crippen LogP contribution in [-0.4, -0.2) is 4.98 Å². The highest BCUT2D eigenvalue weighted by atomic mass is 35.5. The summed E-state index contributed by atoms with van der Waals surface area (Å²) in [5.41, 5.74) is 0.717. The van der Waals surface area contributed by atoms with Crippen LogP contribution in [0.4, 0.5) is 8.78 Å². The summed E-state index contributed by atoms with van der Waals surface area (Å²) in [6, 6.07) is 1.50. The Bertz CT molecular complexity index is 315. The van der Waals surface area contributed by atoms with Crippen molar-refractivity contribution in [3.05, 3.63) is 28.0 Å². The Kier molecular flexibility index (Phi) is 3.45. The fourth-order valence-electron chi connectivity index (χ4n) is 0.999. The molecule has 1 aromatic rings. The summed E-state index contributed by atoms with van der Waals surface area (Å²) in [6.45, 7) is 1.56. The van der Waals surface area contributed by atoms with Crippen LogP contribution in [0.15, 0.2) is 6.07 Å². The Labute approximate surface area is 84.7 Å². The standard InChI is InChI=1S/C8H7Cl2F2N/c1-4-5(3-9)2-6(10)13-7(4)8(11)12/h2,8H,3H2,1H3. The predicted molar refractivity (Wildman–Crippen MR) is 48.5 cm³/mol. The molecule has 5 heteroatoms.